The van der Waals surface area contributed by atoms with Crippen molar-refractivity contribution in [3.8, 4) is 0 Å². The van der Waals surface area contributed by atoms with Crippen LogP contribution in [0.5, 0.6) is 0 Å². The lowest BCUT2D eigenvalue weighted by atomic mass is 10.1. The lowest BCUT2D eigenvalue weighted by Crippen LogP contribution is -2.31. The Hall–Kier alpha value is -0.240. The van der Waals surface area contributed by atoms with Crippen LogP contribution in [0, 0.1) is 0 Å². The Morgan fingerprint density at radius 3 is 1.00 bits per heavy atom. The largest absolute Gasteiger partial charge is 0.394 e. The van der Waals surface area contributed by atoms with E-state index in [-0.39, 0.29) is 24.4 Å². The molecule has 0 aromatic rings. The zero-order valence-corrected chi connectivity index (χ0v) is 15.2. The molecule has 0 aliphatic carbocycles. The minimum Gasteiger partial charge on any atom is -0.394 e. The molecular weight excluding hydrogens is 288 g/mol. The van der Waals surface area contributed by atoms with Gasteiger partial charge in [-0.1, -0.05) is 0 Å². The highest BCUT2D eigenvalue weighted by Gasteiger charge is 2.19. The summed E-state index contributed by atoms with van der Waals surface area (Å²) < 4.78 is 20.6. The fraction of sp³-hybridized carbons (Fsp3) is 1.00. The summed E-state index contributed by atoms with van der Waals surface area (Å²) in [5.41, 5.74) is -0.0312. The van der Waals surface area contributed by atoms with Gasteiger partial charge in [0.25, 0.3) is 0 Å². The van der Waals surface area contributed by atoms with E-state index in [1.54, 1.807) is 0 Å². The van der Waals surface area contributed by atoms with Crippen LogP contribution in [0.2, 0.25) is 0 Å². The zero-order chi connectivity index (χ0) is 17.5. The highest BCUT2D eigenvalue weighted by atomic mass is 16.5. The summed E-state index contributed by atoms with van der Waals surface area (Å²) in [6, 6.07) is 0. The summed E-state index contributed by atoms with van der Waals surface area (Å²) in [5.74, 6) is 0. The molecule has 0 rings (SSSR count). The molecule has 0 fully saturated rings. The quantitative estimate of drug-likeness (QED) is 0.595. The average Bonchev–Trinajstić information content (AvgIpc) is 2.33. The van der Waals surface area contributed by atoms with Crippen LogP contribution in [0.4, 0.5) is 0 Å². The van der Waals surface area contributed by atoms with E-state index in [1.165, 1.54) is 0 Å². The number of ether oxygens (including phenoxy) is 4. The van der Waals surface area contributed by atoms with Gasteiger partial charge in [0.05, 0.1) is 64.1 Å². The summed E-state index contributed by atoms with van der Waals surface area (Å²) in [5, 5.41) is 16.7. The molecule has 6 nitrogen and oxygen atoms in total. The van der Waals surface area contributed by atoms with Crippen LogP contribution in [-0.2, 0) is 18.9 Å². The molecule has 0 atom stereocenters. The standard InChI is InChI=1S/C8H18O5.C8H18O/c9-1-3-11-5-7-13-8-6-12-4-2-10;1-7(2,3)9-8(4,5)6/h9-10H,1-8H2;1-6H3. The predicted octanol–water partition coefficient (Wildman–Crippen LogP) is 1.62. The van der Waals surface area contributed by atoms with E-state index in [2.05, 4.69) is 41.5 Å². The molecule has 0 saturated heterocycles. The summed E-state index contributed by atoms with van der Waals surface area (Å²) in [7, 11) is 0. The van der Waals surface area contributed by atoms with E-state index in [0.717, 1.165) is 0 Å². The number of hydrogen-bond acceptors (Lipinski definition) is 6. The first-order chi connectivity index (χ1) is 10.1. The minimum atomic E-state index is -0.0156. The van der Waals surface area contributed by atoms with Gasteiger partial charge in [-0.25, -0.2) is 0 Å². The molecule has 22 heavy (non-hydrogen) atoms. The van der Waals surface area contributed by atoms with Crippen LogP contribution in [0.25, 0.3) is 0 Å². The van der Waals surface area contributed by atoms with Gasteiger partial charge in [-0.2, -0.15) is 0 Å². The Morgan fingerprint density at radius 1 is 0.545 bits per heavy atom. The fourth-order valence-electron chi connectivity index (χ4n) is 1.59. The topological polar surface area (TPSA) is 77.4 Å². The van der Waals surface area contributed by atoms with Gasteiger partial charge in [-0.3, -0.25) is 0 Å². The van der Waals surface area contributed by atoms with Crippen LogP contribution in [0.1, 0.15) is 41.5 Å². The van der Waals surface area contributed by atoms with E-state index in [9.17, 15) is 0 Å². The fourth-order valence-corrected chi connectivity index (χ4v) is 1.59. The predicted molar refractivity (Wildman–Crippen MR) is 87.2 cm³/mol. The lowest BCUT2D eigenvalue weighted by molar-refractivity contribution is -0.102. The maximum Gasteiger partial charge on any atom is 0.0701 e. The smallest absolute Gasteiger partial charge is 0.0701 e. The van der Waals surface area contributed by atoms with Crippen molar-refractivity contribution in [1.29, 1.82) is 0 Å². The second kappa shape index (κ2) is 14.4. The molecule has 0 radical (unpaired) electrons. The van der Waals surface area contributed by atoms with Crippen molar-refractivity contribution < 1.29 is 29.2 Å². The second-order valence-electron chi connectivity index (χ2n) is 6.61. The van der Waals surface area contributed by atoms with E-state index >= 15 is 0 Å². The first-order valence-corrected chi connectivity index (χ1v) is 7.77. The molecular formula is C16H36O6. The molecule has 0 heterocycles. The number of hydrogen-bond donors (Lipinski definition) is 2. The van der Waals surface area contributed by atoms with Crippen LogP contribution in [-0.4, -0.2) is 74.3 Å². The molecule has 0 aromatic heterocycles. The first-order valence-electron chi connectivity index (χ1n) is 7.77. The third kappa shape index (κ3) is 28.0. The van der Waals surface area contributed by atoms with Gasteiger partial charge in [0, 0.05) is 0 Å². The molecule has 0 aliphatic rings. The van der Waals surface area contributed by atoms with Crippen molar-refractivity contribution in [2.75, 3.05) is 52.9 Å². The Labute approximate surface area is 135 Å². The van der Waals surface area contributed by atoms with Gasteiger partial charge in [0.1, 0.15) is 0 Å². The van der Waals surface area contributed by atoms with Gasteiger partial charge in [0.15, 0.2) is 0 Å². The van der Waals surface area contributed by atoms with E-state index in [0.29, 0.717) is 39.6 Å². The summed E-state index contributed by atoms with van der Waals surface area (Å²) in [6.07, 6.45) is 0. The lowest BCUT2D eigenvalue weighted by Gasteiger charge is -2.30. The van der Waals surface area contributed by atoms with Gasteiger partial charge >= 0.3 is 0 Å². The van der Waals surface area contributed by atoms with Gasteiger partial charge in [0.2, 0.25) is 0 Å². The van der Waals surface area contributed by atoms with Crippen molar-refractivity contribution in [1.82, 2.24) is 0 Å². The number of aliphatic hydroxyl groups excluding tert-OH is 2. The molecule has 0 unspecified atom stereocenters. The molecule has 0 aliphatic heterocycles. The minimum absolute atomic E-state index is 0.0156. The van der Waals surface area contributed by atoms with Crippen LogP contribution >= 0.6 is 0 Å². The highest BCUT2D eigenvalue weighted by Crippen LogP contribution is 2.17. The Balaban J connectivity index is 0. The molecule has 0 bridgehead atoms. The van der Waals surface area contributed by atoms with Gasteiger partial charge < -0.3 is 29.2 Å². The SMILES string of the molecule is CC(C)(C)OC(C)(C)C.OCCOCCOCCOCCO. The Morgan fingerprint density at radius 2 is 0.818 bits per heavy atom. The Bertz CT molecular complexity index is 198. The highest BCUT2D eigenvalue weighted by molar-refractivity contribution is 4.68. The third-order valence-electron chi connectivity index (χ3n) is 1.83. The first kappa shape index (κ1) is 24.0. The van der Waals surface area contributed by atoms with Crippen molar-refractivity contribution in [3.05, 3.63) is 0 Å². The van der Waals surface area contributed by atoms with Crippen molar-refractivity contribution in [2.45, 2.75) is 52.7 Å². The van der Waals surface area contributed by atoms with Crippen LogP contribution in [0.15, 0.2) is 0 Å². The summed E-state index contributed by atoms with van der Waals surface area (Å²) in [6.45, 7) is 15.2. The van der Waals surface area contributed by atoms with Crippen molar-refractivity contribution in [2.24, 2.45) is 0 Å². The van der Waals surface area contributed by atoms with Gasteiger partial charge in [-0.15, -0.1) is 0 Å². The molecule has 136 valence electrons. The van der Waals surface area contributed by atoms with Gasteiger partial charge in [-0.05, 0) is 41.5 Å². The van der Waals surface area contributed by atoms with Crippen molar-refractivity contribution >= 4 is 0 Å². The summed E-state index contributed by atoms with van der Waals surface area (Å²) >= 11 is 0. The molecule has 6 heteroatoms. The zero-order valence-electron chi connectivity index (χ0n) is 15.2. The maximum atomic E-state index is 8.36. The normalized spacial score (nSPS) is 12.0. The second-order valence-corrected chi connectivity index (χ2v) is 6.61. The van der Waals surface area contributed by atoms with E-state index < -0.39 is 0 Å². The third-order valence-corrected chi connectivity index (χ3v) is 1.83. The van der Waals surface area contributed by atoms with Crippen LogP contribution < -0.4 is 0 Å². The van der Waals surface area contributed by atoms with Crippen LogP contribution in [0.3, 0.4) is 0 Å². The maximum absolute atomic E-state index is 8.36. The molecule has 0 spiro atoms. The average molecular weight is 324 g/mol. The molecule has 2 N–H and O–H groups in total. The van der Waals surface area contributed by atoms with Crippen molar-refractivity contribution in [3.63, 3.8) is 0 Å². The molecule has 0 amide bonds. The Kier molecular flexibility index (Phi) is 15.7. The van der Waals surface area contributed by atoms with E-state index in [1.807, 2.05) is 0 Å². The number of aliphatic hydroxyl groups is 2. The summed E-state index contributed by atoms with van der Waals surface area (Å²) in [4.78, 5) is 0. The number of rotatable bonds is 10. The monoisotopic (exact) mass is 324 g/mol. The molecule has 0 aromatic carbocycles. The molecule has 0 saturated carbocycles. The van der Waals surface area contributed by atoms with E-state index in [4.69, 9.17) is 29.2 Å².